The van der Waals surface area contributed by atoms with E-state index in [1.807, 2.05) is 0 Å². The fourth-order valence-electron chi connectivity index (χ4n) is 1.58. The first kappa shape index (κ1) is 15.5. The first-order valence-electron chi connectivity index (χ1n) is 5.85. The van der Waals surface area contributed by atoms with Gasteiger partial charge in [-0.1, -0.05) is 27.5 Å². The van der Waals surface area contributed by atoms with Crippen LogP contribution in [0.5, 0.6) is 0 Å². The summed E-state index contributed by atoms with van der Waals surface area (Å²) in [5, 5.41) is 6.95. The molecule has 1 heterocycles. The highest BCUT2D eigenvalue weighted by Gasteiger charge is 2.12. The van der Waals surface area contributed by atoms with E-state index in [1.54, 1.807) is 18.2 Å². The number of methoxy groups -OCH3 is 1. The first-order valence-corrected chi connectivity index (χ1v) is 7.02. The van der Waals surface area contributed by atoms with Gasteiger partial charge in [-0.3, -0.25) is 14.3 Å². The van der Waals surface area contributed by atoms with Gasteiger partial charge in [0, 0.05) is 10.7 Å². The summed E-state index contributed by atoms with van der Waals surface area (Å²) in [7, 11) is 1.30. The van der Waals surface area contributed by atoms with E-state index in [2.05, 4.69) is 31.1 Å². The number of halogens is 2. The van der Waals surface area contributed by atoms with E-state index in [1.165, 1.54) is 24.2 Å². The molecular formula is C13H11BrClN3O3. The summed E-state index contributed by atoms with van der Waals surface area (Å²) in [5.74, 6) is -0.787. The van der Waals surface area contributed by atoms with Crippen LogP contribution in [-0.2, 0) is 16.1 Å². The van der Waals surface area contributed by atoms with Gasteiger partial charge in [0.1, 0.15) is 6.54 Å². The van der Waals surface area contributed by atoms with Crippen molar-refractivity contribution in [3.63, 3.8) is 0 Å². The Morgan fingerprint density at radius 1 is 1.48 bits per heavy atom. The molecule has 8 heteroatoms. The molecule has 0 aliphatic rings. The van der Waals surface area contributed by atoms with E-state index in [0.717, 1.165) is 4.47 Å². The van der Waals surface area contributed by atoms with E-state index >= 15 is 0 Å². The lowest BCUT2D eigenvalue weighted by molar-refractivity contribution is -0.141. The minimum atomic E-state index is -0.425. The predicted molar refractivity (Wildman–Crippen MR) is 81.3 cm³/mol. The number of hydrogen-bond donors (Lipinski definition) is 1. The lowest BCUT2D eigenvalue weighted by Gasteiger charge is -2.05. The molecule has 0 bridgehead atoms. The lowest BCUT2D eigenvalue weighted by atomic mass is 10.2. The van der Waals surface area contributed by atoms with Crippen molar-refractivity contribution in [3.8, 4) is 0 Å². The summed E-state index contributed by atoms with van der Waals surface area (Å²) in [4.78, 5) is 23.3. The van der Waals surface area contributed by atoms with Crippen LogP contribution in [0.4, 0.5) is 5.69 Å². The average Bonchev–Trinajstić information content (AvgIpc) is 2.88. The number of carbonyl (C=O) groups excluding carboxylic acids is 2. The van der Waals surface area contributed by atoms with Crippen molar-refractivity contribution in [1.29, 1.82) is 0 Å². The minimum absolute atomic E-state index is 0.0238. The number of nitrogens with one attached hydrogen (secondary N) is 1. The van der Waals surface area contributed by atoms with Gasteiger partial charge in [0.2, 0.25) is 0 Å². The van der Waals surface area contributed by atoms with Crippen molar-refractivity contribution in [2.45, 2.75) is 6.54 Å². The van der Waals surface area contributed by atoms with Gasteiger partial charge in [-0.25, -0.2) is 0 Å². The zero-order chi connectivity index (χ0) is 15.4. The van der Waals surface area contributed by atoms with Crippen LogP contribution in [0.2, 0.25) is 5.02 Å². The van der Waals surface area contributed by atoms with Crippen LogP contribution in [0.1, 0.15) is 10.4 Å². The predicted octanol–water partition coefficient (Wildman–Crippen LogP) is 2.72. The topological polar surface area (TPSA) is 73.2 Å². The molecule has 0 spiro atoms. The van der Waals surface area contributed by atoms with E-state index in [9.17, 15) is 9.59 Å². The summed E-state index contributed by atoms with van der Waals surface area (Å²) in [6, 6.07) is 4.99. The maximum Gasteiger partial charge on any atom is 0.327 e. The molecule has 0 aliphatic carbocycles. The smallest absolute Gasteiger partial charge is 0.327 e. The number of anilines is 1. The van der Waals surface area contributed by atoms with Gasteiger partial charge in [-0.05, 0) is 18.2 Å². The molecule has 21 heavy (non-hydrogen) atoms. The normalized spacial score (nSPS) is 10.2. The quantitative estimate of drug-likeness (QED) is 0.838. The highest BCUT2D eigenvalue weighted by atomic mass is 79.9. The van der Waals surface area contributed by atoms with Gasteiger partial charge >= 0.3 is 5.97 Å². The fraction of sp³-hybridized carbons (Fsp3) is 0.154. The third-order valence-corrected chi connectivity index (χ3v) is 3.41. The summed E-state index contributed by atoms with van der Waals surface area (Å²) < 4.78 is 6.65. The number of ether oxygens (including phenoxy) is 1. The highest BCUT2D eigenvalue weighted by molar-refractivity contribution is 9.10. The van der Waals surface area contributed by atoms with Gasteiger partial charge in [0.15, 0.2) is 0 Å². The Labute approximate surface area is 134 Å². The second-order valence-electron chi connectivity index (χ2n) is 4.08. The number of rotatable bonds is 4. The molecule has 110 valence electrons. The second kappa shape index (κ2) is 6.73. The maximum absolute atomic E-state index is 12.1. The zero-order valence-electron chi connectivity index (χ0n) is 11.0. The molecule has 0 fully saturated rings. The summed E-state index contributed by atoms with van der Waals surface area (Å²) >= 11 is 9.27. The molecule has 0 saturated carbocycles. The molecule has 1 amide bonds. The lowest BCUT2D eigenvalue weighted by Crippen LogP contribution is -2.13. The SMILES string of the molecule is COC(=O)Cn1cc(NC(=O)c2cc(Br)ccc2Cl)cn1. The van der Waals surface area contributed by atoms with Gasteiger partial charge < -0.3 is 10.1 Å². The summed E-state index contributed by atoms with van der Waals surface area (Å²) in [6.07, 6.45) is 2.97. The van der Waals surface area contributed by atoms with E-state index < -0.39 is 5.97 Å². The number of nitrogens with zero attached hydrogens (tertiary/aromatic N) is 2. The molecule has 6 nitrogen and oxygen atoms in total. The van der Waals surface area contributed by atoms with Crippen molar-refractivity contribution in [1.82, 2.24) is 9.78 Å². The van der Waals surface area contributed by atoms with Crippen LogP contribution in [-0.4, -0.2) is 28.8 Å². The molecular weight excluding hydrogens is 362 g/mol. The Bertz CT molecular complexity index is 687. The number of benzene rings is 1. The number of esters is 1. The Morgan fingerprint density at radius 3 is 2.95 bits per heavy atom. The number of hydrogen-bond acceptors (Lipinski definition) is 4. The van der Waals surface area contributed by atoms with Crippen molar-refractivity contribution in [3.05, 3.63) is 45.7 Å². The molecule has 1 aromatic carbocycles. The van der Waals surface area contributed by atoms with Crippen LogP contribution >= 0.6 is 27.5 Å². The number of amides is 1. The highest BCUT2D eigenvalue weighted by Crippen LogP contribution is 2.22. The largest absolute Gasteiger partial charge is 0.468 e. The van der Waals surface area contributed by atoms with E-state index in [4.69, 9.17) is 11.6 Å². The second-order valence-corrected chi connectivity index (χ2v) is 5.40. The summed E-state index contributed by atoms with van der Waals surface area (Å²) in [5.41, 5.74) is 0.798. The molecule has 1 N–H and O–H groups in total. The van der Waals surface area contributed by atoms with Gasteiger partial charge in [-0.2, -0.15) is 5.10 Å². The van der Waals surface area contributed by atoms with Crippen molar-refractivity contribution >= 4 is 45.1 Å². The molecule has 0 saturated heterocycles. The summed E-state index contributed by atoms with van der Waals surface area (Å²) in [6.45, 7) is -0.0238. The maximum atomic E-state index is 12.1. The Hall–Kier alpha value is -1.86. The number of carbonyl (C=O) groups is 2. The minimum Gasteiger partial charge on any atom is -0.468 e. The van der Waals surface area contributed by atoms with Gasteiger partial charge in [-0.15, -0.1) is 0 Å². The Balaban J connectivity index is 2.09. The third-order valence-electron chi connectivity index (χ3n) is 2.58. The fourth-order valence-corrected chi connectivity index (χ4v) is 2.15. The Morgan fingerprint density at radius 2 is 2.24 bits per heavy atom. The van der Waals surface area contributed by atoms with Gasteiger partial charge in [0.25, 0.3) is 5.91 Å². The average molecular weight is 373 g/mol. The molecule has 2 aromatic rings. The monoisotopic (exact) mass is 371 g/mol. The third kappa shape index (κ3) is 4.05. The van der Waals surface area contributed by atoms with Gasteiger partial charge in [0.05, 0.1) is 29.6 Å². The molecule has 0 unspecified atom stereocenters. The molecule has 2 rings (SSSR count). The van der Waals surface area contributed by atoms with Crippen LogP contribution in [0.25, 0.3) is 0 Å². The zero-order valence-corrected chi connectivity index (χ0v) is 13.3. The Kier molecular flexibility index (Phi) is 4.98. The molecule has 0 atom stereocenters. The van der Waals surface area contributed by atoms with Crippen molar-refractivity contribution in [2.24, 2.45) is 0 Å². The van der Waals surface area contributed by atoms with Crippen LogP contribution < -0.4 is 5.32 Å². The standard InChI is InChI=1S/C13H11BrClN3O3/c1-21-12(19)7-18-6-9(5-16-18)17-13(20)10-4-8(14)2-3-11(10)15/h2-6H,7H2,1H3,(H,17,20). The van der Waals surface area contributed by atoms with Crippen molar-refractivity contribution < 1.29 is 14.3 Å². The number of aromatic nitrogens is 2. The van der Waals surface area contributed by atoms with E-state index in [-0.39, 0.29) is 12.5 Å². The molecule has 0 aliphatic heterocycles. The van der Waals surface area contributed by atoms with E-state index in [0.29, 0.717) is 16.3 Å². The first-order chi connectivity index (χ1) is 9.99. The molecule has 0 radical (unpaired) electrons. The van der Waals surface area contributed by atoms with Crippen LogP contribution in [0, 0.1) is 0 Å². The van der Waals surface area contributed by atoms with Crippen molar-refractivity contribution in [2.75, 3.05) is 12.4 Å². The van der Waals surface area contributed by atoms with Crippen LogP contribution in [0.15, 0.2) is 35.1 Å². The van der Waals surface area contributed by atoms with Crippen LogP contribution in [0.3, 0.4) is 0 Å². The molecule has 1 aromatic heterocycles.